The standard InChI is InChI=1S/C26H32F4O/c1-2-3-4-5-6-9-18-12-14-19(15-13-18)21-10-7-8-11-22(21)20-16-23(27)25(24(28)17-20)31-26(29)30/h7-8,10-15,20,23-26H,2-6,9,16-17H2,1H3. The van der Waals surface area contributed by atoms with Crippen LogP contribution in [0, 0.1) is 0 Å². The van der Waals surface area contributed by atoms with Crippen molar-refractivity contribution in [2.45, 2.75) is 89.3 Å². The van der Waals surface area contributed by atoms with E-state index in [1.54, 1.807) is 0 Å². The monoisotopic (exact) mass is 436 g/mol. The van der Waals surface area contributed by atoms with Crippen molar-refractivity contribution < 1.29 is 22.3 Å². The molecule has 0 aliphatic heterocycles. The Balaban J connectivity index is 1.69. The van der Waals surface area contributed by atoms with Crippen LogP contribution in [0.2, 0.25) is 0 Å². The molecule has 1 fully saturated rings. The summed E-state index contributed by atoms with van der Waals surface area (Å²) >= 11 is 0. The third kappa shape index (κ3) is 6.55. The number of unbranched alkanes of at least 4 members (excludes halogenated alkanes) is 4. The first-order chi connectivity index (χ1) is 15.0. The SMILES string of the molecule is CCCCCCCc1ccc(-c2ccccc2C2CC(F)C(OC(F)F)C(F)C2)cc1. The highest BCUT2D eigenvalue weighted by molar-refractivity contribution is 5.68. The molecule has 2 aromatic rings. The highest BCUT2D eigenvalue weighted by Gasteiger charge is 2.41. The Labute approximate surface area is 182 Å². The maximum absolute atomic E-state index is 14.5. The first-order valence-corrected chi connectivity index (χ1v) is 11.4. The van der Waals surface area contributed by atoms with Crippen LogP contribution in [0.15, 0.2) is 48.5 Å². The third-order valence-electron chi connectivity index (χ3n) is 6.23. The molecule has 1 nitrogen and oxygen atoms in total. The summed E-state index contributed by atoms with van der Waals surface area (Å²) in [4.78, 5) is 0. The minimum atomic E-state index is -3.17. The molecule has 1 saturated carbocycles. The van der Waals surface area contributed by atoms with Gasteiger partial charge >= 0.3 is 6.61 Å². The molecule has 2 unspecified atom stereocenters. The topological polar surface area (TPSA) is 9.23 Å². The maximum Gasteiger partial charge on any atom is 0.345 e. The maximum atomic E-state index is 14.5. The van der Waals surface area contributed by atoms with E-state index in [-0.39, 0.29) is 18.8 Å². The van der Waals surface area contributed by atoms with Crippen molar-refractivity contribution in [3.8, 4) is 11.1 Å². The molecule has 0 aromatic heterocycles. The minimum Gasteiger partial charge on any atom is -0.313 e. The van der Waals surface area contributed by atoms with Gasteiger partial charge in [-0.2, -0.15) is 8.78 Å². The number of hydrogen-bond acceptors (Lipinski definition) is 1. The van der Waals surface area contributed by atoms with Crippen molar-refractivity contribution >= 4 is 0 Å². The predicted octanol–water partition coefficient (Wildman–Crippen LogP) is 8.03. The molecular weight excluding hydrogens is 404 g/mol. The molecule has 170 valence electrons. The van der Waals surface area contributed by atoms with Gasteiger partial charge in [-0.15, -0.1) is 0 Å². The molecule has 5 heteroatoms. The average Bonchev–Trinajstić information content (AvgIpc) is 2.76. The van der Waals surface area contributed by atoms with Gasteiger partial charge in [0.25, 0.3) is 0 Å². The quantitative estimate of drug-likeness (QED) is 0.271. The van der Waals surface area contributed by atoms with Crippen molar-refractivity contribution in [3.63, 3.8) is 0 Å². The Kier molecular flexibility index (Phi) is 8.94. The lowest BCUT2D eigenvalue weighted by atomic mass is 9.78. The molecule has 0 heterocycles. The van der Waals surface area contributed by atoms with E-state index in [0.717, 1.165) is 23.1 Å². The van der Waals surface area contributed by atoms with Gasteiger partial charge in [-0.1, -0.05) is 81.1 Å². The third-order valence-corrected chi connectivity index (χ3v) is 6.23. The van der Waals surface area contributed by atoms with Crippen LogP contribution in [0.5, 0.6) is 0 Å². The van der Waals surface area contributed by atoms with Gasteiger partial charge in [0.05, 0.1) is 0 Å². The number of rotatable bonds is 10. The zero-order chi connectivity index (χ0) is 22.2. The number of halogens is 4. The summed E-state index contributed by atoms with van der Waals surface area (Å²) in [7, 11) is 0. The van der Waals surface area contributed by atoms with Crippen molar-refractivity contribution in [1.29, 1.82) is 0 Å². The molecule has 0 spiro atoms. The van der Waals surface area contributed by atoms with Crippen LogP contribution >= 0.6 is 0 Å². The Hall–Kier alpha value is -1.88. The van der Waals surface area contributed by atoms with E-state index in [1.165, 1.54) is 37.7 Å². The van der Waals surface area contributed by atoms with E-state index in [9.17, 15) is 17.6 Å². The molecule has 1 aliphatic carbocycles. The van der Waals surface area contributed by atoms with Crippen LogP contribution in [0.25, 0.3) is 11.1 Å². The van der Waals surface area contributed by atoms with E-state index < -0.39 is 25.1 Å². The summed E-state index contributed by atoms with van der Waals surface area (Å²) in [5.74, 6) is -0.378. The van der Waals surface area contributed by atoms with Crippen molar-refractivity contribution in [2.24, 2.45) is 0 Å². The lowest BCUT2D eigenvalue weighted by molar-refractivity contribution is -0.203. The molecule has 0 radical (unpaired) electrons. The number of alkyl halides is 4. The summed E-state index contributed by atoms with van der Waals surface area (Å²) in [6, 6.07) is 16.0. The second-order valence-electron chi connectivity index (χ2n) is 8.51. The van der Waals surface area contributed by atoms with E-state index in [2.05, 4.69) is 35.9 Å². The lowest BCUT2D eigenvalue weighted by Crippen LogP contribution is -2.42. The summed E-state index contributed by atoms with van der Waals surface area (Å²) in [5, 5.41) is 0. The summed E-state index contributed by atoms with van der Waals surface area (Å²) in [6.45, 7) is -0.962. The summed E-state index contributed by atoms with van der Waals surface area (Å²) in [6.07, 6.45) is 2.00. The van der Waals surface area contributed by atoms with Crippen LogP contribution in [0.1, 0.15) is 68.9 Å². The second-order valence-corrected chi connectivity index (χ2v) is 8.51. The number of ether oxygens (including phenoxy) is 1. The fourth-order valence-electron chi connectivity index (χ4n) is 4.58. The van der Waals surface area contributed by atoms with Crippen molar-refractivity contribution in [1.82, 2.24) is 0 Å². The van der Waals surface area contributed by atoms with E-state index in [4.69, 9.17) is 0 Å². The van der Waals surface area contributed by atoms with Crippen LogP contribution in [-0.4, -0.2) is 25.1 Å². The molecule has 0 N–H and O–H groups in total. The molecular formula is C26H32F4O. The van der Waals surface area contributed by atoms with Crippen LogP contribution in [0.4, 0.5) is 17.6 Å². The average molecular weight is 437 g/mol. The number of hydrogen-bond donors (Lipinski definition) is 0. The lowest BCUT2D eigenvalue weighted by Gasteiger charge is -2.35. The summed E-state index contributed by atoms with van der Waals surface area (Å²) in [5.41, 5.74) is 4.09. The summed E-state index contributed by atoms with van der Waals surface area (Å²) < 4.78 is 58.1. The number of benzene rings is 2. The Morgan fingerprint density at radius 2 is 1.52 bits per heavy atom. The van der Waals surface area contributed by atoms with Gasteiger partial charge in [-0.05, 0) is 53.9 Å². The van der Waals surface area contributed by atoms with Gasteiger partial charge in [0, 0.05) is 0 Å². The van der Waals surface area contributed by atoms with E-state index >= 15 is 0 Å². The van der Waals surface area contributed by atoms with Gasteiger partial charge in [0.1, 0.15) is 18.4 Å². The molecule has 3 rings (SSSR count). The van der Waals surface area contributed by atoms with Gasteiger partial charge in [-0.25, -0.2) is 8.78 Å². The van der Waals surface area contributed by atoms with Gasteiger partial charge in [0.15, 0.2) is 0 Å². The molecule has 0 saturated heterocycles. The van der Waals surface area contributed by atoms with Gasteiger partial charge < -0.3 is 4.74 Å². The highest BCUT2D eigenvalue weighted by atomic mass is 19.3. The molecule has 31 heavy (non-hydrogen) atoms. The zero-order valence-electron chi connectivity index (χ0n) is 18.1. The smallest absolute Gasteiger partial charge is 0.313 e. The largest absolute Gasteiger partial charge is 0.345 e. The number of aryl methyl sites for hydroxylation is 1. The van der Waals surface area contributed by atoms with Crippen LogP contribution in [-0.2, 0) is 11.2 Å². The first-order valence-electron chi connectivity index (χ1n) is 11.4. The van der Waals surface area contributed by atoms with Gasteiger partial charge in [-0.3, -0.25) is 0 Å². The predicted molar refractivity (Wildman–Crippen MR) is 117 cm³/mol. The zero-order valence-corrected chi connectivity index (χ0v) is 18.1. The first kappa shape index (κ1) is 23.8. The molecule has 2 atom stereocenters. The second kappa shape index (κ2) is 11.7. The fourth-order valence-corrected chi connectivity index (χ4v) is 4.58. The fraction of sp³-hybridized carbons (Fsp3) is 0.538. The van der Waals surface area contributed by atoms with Crippen LogP contribution < -0.4 is 0 Å². The van der Waals surface area contributed by atoms with Gasteiger partial charge in [0.2, 0.25) is 0 Å². The van der Waals surface area contributed by atoms with Crippen LogP contribution in [0.3, 0.4) is 0 Å². The highest BCUT2D eigenvalue weighted by Crippen LogP contribution is 2.41. The molecule has 2 aromatic carbocycles. The minimum absolute atomic E-state index is 0.0232. The van der Waals surface area contributed by atoms with E-state index in [1.807, 2.05) is 24.3 Å². The Morgan fingerprint density at radius 1 is 0.871 bits per heavy atom. The Bertz CT molecular complexity index is 780. The molecule has 1 aliphatic rings. The molecule has 0 amide bonds. The van der Waals surface area contributed by atoms with E-state index in [0.29, 0.717) is 0 Å². The van der Waals surface area contributed by atoms with Crippen molar-refractivity contribution in [2.75, 3.05) is 0 Å². The molecule has 0 bridgehead atoms. The Morgan fingerprint density at radius 3 is 2.16 bits per heavy atom. The van der Waals surface area contributed by atoms with Crippen molar-refractivity contribution in [3.05, 3.63) is 59.7 Å². The normalized spacial score (nSPS) is 23.9.